The van der Waals surface area contributed by atoms with Crippen molar-refractivity contribution in [1.82, 2.24) is 14.7 Å². The second-order valence-corrected chi connectivity index (χ2v) is 6.60. The molecule has 1 aromatic heterocycles. The molecule has 24 heavy (non-hydrogen) atoms. The average molecular weight is 331 g/mol. The van der Waals surface area contributed by atoms with E-state index < -0.39 is 0 Å². The molecule has 6 heteroatoms. The minimum atomic E-state index is 0.271. The number of fused-ring (bicyclic) bond motifs is 1. The van der Waals surface area contributed by atoms with Gasteiger partial charge in [-0.25, -0.2) is 0 Å². The van der Waals surface area contributed by atoms with Gasteiger partial charge in [0, 0.05) is 50.1 Å². The van der Waals surface area contributed by atoms with Gasteiger partial charge in [0.1, 0.15) is 5.75 Å². The first-order valence-corrected chi connectivity index (χ1v) is 8.21. The van der Waals surface area contributed by atoms with Crippen LogP contribution in [-0.2, 0) is 20.1 Å². The number of benzene rings is 1. The van der Waals surface area contributed by atoms with Crippen molar-refractivity contribution in [3.05, 3.63) is 35.7 Å². The fourth-order valence-corrected chi connectivity index (χ4v) is 3.03. The van der Waals surface area contributed by atoms with Crippen LogP contribution in [0.25, 0.3) is 0 Å². The van der Waals surface area contributed by atoms with E-state index in [-0.39, 0.29) is 6.79 Å². The van der Waals surface area contributed by atoms with Crippen LogP contribution < -0.4 is 14.2 Å². The molecule has 2 aromatic rings. The van der Waals surface area contributed by atoms with Gasteiger partial charge in [-0.3, -0.25) is 9.58 Å². The summed E-state index contributed by atoms with van der Waals surface area (Å²) in [4.78, 5) is 2.40. The van der Waals surface area contributed by atoms with E-state index in [9.17, 15) is 0 Å². The lowest BCUT2D eigenvalue weighted by Gasteiger charge is -2.25. The summed E-state index contributed by atoms with van der Waals surface area (Å²) in [5.41, 5.74) is 2.31. The topological polar surface area (TPSA) is 48.8 Å². The smallest absolute Gasteiger partial charge is 0.231 e. The Labute approximate surface area is 142 Å². The molecule has 0 saturated carbocycles. The summed E-state index contributed by atoms with van der Waals surface area (Å²) in [6.45, 7) is 7.36. The van der Waals surface area contributed by atoms with Gasteiger partial charge in [-0.2, -0.15) is 5.10 Å². The summed E-state index contributed by atoms with van der Waals surface area (Å²) in [6.07, 6.45) is 3.98. The Morgan fingerprint density at radius 3 is 2.62 bits per heavy atom. The molecular weight excluding hydrogens is 306 g/mol. The molecule has 0 radical (unpaired) electrons. The first kappa shape index (κ1) is 16.6. The van der Waals surface area contributed by atoms with Crippen molar-refractivity contribution in [2.75, 3.05) is 20.4 Å². The maximum atomic E-state index is 5.55. The lowest BCUT2D eigenvalue weighted by Crippen LogP contribution is -2.27. The molecule has 0 unspecified atom stereocenters. The largest absolute Gasteiger partial charge is 0.496 e. The molecular formula is C18H25N3O3. The van der Waals surface area contributed by atoms with E-state index in [1.165, 1.54) is 5.56 Å². The highest BCUT2D eigenvalue weighted by Gasteiger charge is 2.20. The van der Waals surface area contributed by atoms with Crippen LogP contribution in [0.5, 0.6) is 17.2 Å². The molecule has 1 aromatic carbocycles. The predicted octanol–water partition coefficient (Wildman–Crippen LogP) is 2.82. The van der Waals surface area contributed by atoms with Crippen molar-refractivity contribution in [2.45, 2.75) is 26.9 Å². The molecule has 0 atom stereocenters. The van der Waals surface area contributed by atoms with E-state index in [0.717, 1.165) is 42.4 Å². The molecule has 0 amide bonds. The Balaban J connectivity index is 1.81. The van der Waals surface area contributed by atoms with Gasteiger partial charge in [0.25, 0.3) is 0 Å². The fourth-order valence-electron chi connectivity index (χ4n) is 3.03. The molecule has 0 bridgehead atoms. The van der Waals surface area contributed by atoms with Crippen LogP contribution in [0.3, 0.4) is 0 Å². The van der Waals surface area contributed by atoms with E-state index in [1.54, 1.807) is 7.11 Å². The number of methoxy groups -OCH3 is 1. The number of aryl methyl sites for hydroxylation is 1. The highest BCUT2D eigenvalue weighted by Crippen LogP contribution is 2.38. The highest BCUT2D eigenvalue weighted by atomic mass is 16.7. The van der Waals surface area contributed by atoms with Crippen LogP contribution in [-0.4, -0.2) is 35.1 Å². The normalized spacial score (nSPS) is 13.1. The van der Waals surface area contributed by atoms with Crippen LogP contribution in [0.2, 0.25) is 0 Å². The lowest BCUT2D eigenvalue weighted by molar-refractivity contribution is 0.173. The zero-order valence-electron chi connectivity index (χ0n) is 14.8. The van der Waals surface area contributed by atoms with Gasteiger partial charge in [-0.05, 0) is 12.0 Å². The monoisotopic (exact) mass is 331 g/mol. The molecule has 6 nitrogen and oxygen atoms in total. The van der Waals surface area contributed by atoms with Crippen LogP contribution >= 0.6 is 0 Å². The summed E-state index contributed by atoms with van der Waals surface area (Å²) >= 11 is 0. The van der Waals surface area contributed by atoms with Gasteiger partial charge in [0.2, 0.25) is 6.79 Å². The van der Waals surface area contributed by atoms with Crippen molar-refractivity contribution < 1.29 is 14.2 Å². The third-order valence-corrected chi connectivity index (χ3v) is 3.96. The second-order valence-electron chi connectivity index (χ2n) is 6.60. The molecule has 1 aliphatic rings. The van der Waals surface area contributed by atoms with E-state index >= 15 is 0 Å². The van der Waals surface area contributed by atoms with Gasteiger partial charge in [-0.1, -0.05) is 13.8 Å². The van der Waals surface area contributed by atoms with Crippen molar-refractivity contribution in [1.29, 1.82) is 0 Å². The Kier molecular flexibility index (Phi) is 4.94. The summed E-state index contributed by atoms with van der Waals surface area (Å²) in [7, 11) is 3.63. The second kappa shape index (κ2) is 7.13. The number of aromatic nitrogens is 2. The quantitative estimate of drug-likeness (QED) is 0.781. The SMILES string of the molecule is COc1cc2c(cc1CN(Cc1cnn(C)c1)CC(C)C)OCO2. The first-order chi connectivity index (χ1) is 11.5. The maximum absolute atomic E-state index is 5.55. The maximum Gasteiger partial charge on any atom is 0.231 e. The minimum Gasteiger partial charge on any atom is -0.496 e. The molecule has 0 spiro atoms. The number of hydrogen-bond acceptors (Lipinski definition) is 5. The van der Waals surface area contributed by atoms with Crippen LogP contribution in [0.4, 0.5) is 0 Å². The Hall–Kier alpha value is -2.21. The summed E-state index contributed by atoms with van der Waals surface area (Å²) < 4.78 is 18.3. The molecule has 0 N–H and O–H groups in total. The van der Waals surface area contributed by atoms with Crippen molar-refractivity contribution in [3.63, 3.8) is 0 Å². The average Bonchev–Trinajstić information content (AvgIpc) is 3.14. The third-order valence-electron chi connectivity index (χ3n) is 3.96. The number of nitrogens with zero attached hydrogens (tertiary/aromatic N) is 3. The van der Waals surface area contributed by atoms with Crippen molar-refractivity contribution >= 4 is 0 Å². The molecule has 1 aliphatic heterocycles. The van der Waals surface area contributed by atoms with Gasteiger partial charge < -0.3 is 14.2 Å². The third kappa shape index (κ3) is 3.82. The summed E-state index contributed by atoms with van der Waals surface area (Å²) in [5.74, 6) is 2.94. The predicted molar refractivity (Wildman–Crippen MR) is 91.3 cm³/mol. The zero-order chi connectivity index (χ0) is 17.1. The molecule has 0 fully saturated rings. The molecule has 0 aliphatic carbocycles. The zero-order valence-corrected chi connectivity index (χ0v) is 14.8. The Morgan fingerprint density at radius 2 is 2.00 bits per heavy atom. The van der Waals surface area contributed by atoms with E-state index in [2.05, 4.69) is 30.0 Å². The lowest BCUT2D eigenvalue weighted by atomic mass is 10.1. The van der Waals surface area contributed by atoms with Gasteiger partial charge >= 0.3 is 0 Å². The van der Waals surface area contributed by atoms with E-state index in [1.807, 2.05) is 30.1 Å². The molecule has 3 rings (SSSR count). The van der Waals surface area contributed by atoms with Gasteiger partial charge in [0.05, 0.1) is 13.3 Å². The molecule has 0 saturated heterocycles. The first-order valence-electron chi connectivity index (χ1n) is 8.21. The van der Waals surface area contributed by atoms with Crippen LogP contribution in [0.1, 0.15) is 25.0 Å². The molecule has 2 heterocycles. The van der Waals surface area contributed by atoms with Crippen molar-refractivity contribution in [2.24, 2.45) is 13.0 Å². The van der Waals surface area contributed by atoms with Gasteiger partial charge in [-0.15, -0.1) is 0 Å². The fraction of sp³-hybridized carbons (Fsp3) is 0.500. The van der Waals surface area contributed by atoms with Crippen molar-refractivity contribution in [3.8, 4) is 17.2 Å². The number of rotatable bonds is 7. The van der Waals surface area contributed by atoms with Gasteiger partial charge in [0.15, 0.2) is 11.5 Å². The summed E-state index contributed by atoms with van der Waals surface area (Å²) in [6, 6.07) is 3.94. The Bertz CT molecular complexity index is 697. The van der Waals surface area contributed by atoms with Crippen LogP contribution in [0, 0.1) is 5.92 Å². The standard InChI is InChI=1S/C18H25N3O3/c1-13(2)8-21(10-14-7-19-20(3)9-14)11-15-5-17-18(24-12-23-17)6-16(15)22-4/h5-7,9,13H,8,10-12H2,1-4H3. The Morgan fingerprint density at radius 1 is 1.25 bits per heavy atom. The van der Waals surface area contributed by atoms with E-state index in [0.29, 0.717) is 5.92 Å². The minimum absolute atomic E-state index is 0.271. The number of hydrogen-bond donors (Lipinski definition) is 0. The van der Waals surface area contributed by atoms with E-state index in [4.69, 9.17) is 14.2 Å². The summed E-state index contributed by atoms with van der Waals surface area (Å²) in [5, 5.41) is 4.27. The molecule has 130 valence electrons. The van der Waals surface area contributed by atoms with Crippen LogP contribution in [0.15, 0.2) is 24.5 Å². The highest BCUT2D eigenvalue weighted by molar-refractivity contribution is 5.51. The number of ether oxygens (including phenoxy) is 3.